The Hall–Kier alpha value is -1.34. The predicted molar refractivity (Wildman–Crippen MR) is 75.0 cm³/mol. The number of aliphatic hydroxyl groups excluding tert-OH is 1. The Labute approximate surface area is 124 Å². The van der Waals surface area contributed by atoms with Crippen molar-refractivity contribution in [3.63, 3.8) is 0 Å². The molecule has 21 heavy (non-hydrogen) atoms. The lowest BCUT2D eigenvalue weighted by Gasteiger charge is -2.34. The van der Waals surface area contributed by atoms with Gasteiger partial charge >= 0.3 is 12.0 Å². The summed E-state index contributed by atoms with van der Waals surface area (Å²) in [6.07, 6.45) is 2.45. The van der Waals surface area contributed by atoms with Crippen LogP contribution in [0.3, 0.4) is 0 Å². The monoisotopic (exact) mass is 300 g/mol. The molecule has 0 bridgehead atoms. The number of rotatable bonds is 5. The number of carboxylic acid groups (broad SMARTS) is 1. The van der Waals surface area contributed by atoms with Crippen molar-refractivity contribution in [3.8, 4) is 0 Å². The van der Waals surface area contributed by atoms with E-state index in [9.17, 15) is 9.59 Å². The molecule has 7 nitrogen and oxygen atoms in total. The number of aliphatic hydroxyl groups is 1. The normalized spacial score (nSPS) is 23.6. The molecule has 0 aromatic rings. The summed E-state index contributed by atoms with van der Waals surface area (Å²) in [7, 11) is 0. The largest absolute Gasteiger partial charge is 0.481 e. The molecule has 2 aliphatic heterocycles. The molecular weight excluding hydrogens is 276 g/mol. The minimum atomic E-state index is -0.852. The molecule has 1 atom stereocenters. The lowest BCUT2D eigenvalue weighted by atomic mass is 10.1. The smallest absolute Gasteiger partial charge is 0.320 e. The Bertz CT molecular complexity index is 368. The number of urea groups is 1. The number of hydrogen-bond acceptors (Lipinski definition) is 4. The SMILES string of the molecule is O=C(O)CCOC1CCN(C(=O)N2CCC(CO)C2)CC1. The Kier molecular flexibility index (Phi) is 5.81. The summed E-state index contributed by atoms with van der Waals surface area (Å²) in [5.74, 6) is -0.638. The first-order valence-electron chi connectivity index (χ1n) is 7.58. The Balaban J connectivity index is 1.68. The van der Waals surface area contributed by atoms with Crippen LogP contribution in [0.2, 0.25) is 0 Å². The lowest BCUT2D eigenvalue weighted by molar-refractivity contribution is -0.138. The van der Waals surface area contributed by atoms with Gasteiger partial charge in [0.25, 0.3) is 0 Å². The molecular formula is C14H24N2O5. The number of carboxylic acids is 1. The highest BCUT2D eigenvalue weighted by molar-refractivity contribution is 5.74. The summed E-state index contributed by atoms with van der Waals surface area (Å²) in [6.45, 7) is 3.04. The van der Waals surface area contributed by atoms with E-state index in [1.165, 1.54) is 0 Å². The number of nitrogens with zero attached hydrogens (tertiary/aromatic N) is 2. The fourth-order valence-corrected chi connectivity index (χ4v) is 2.88. The molecule has 2 rings (SSSR count). The molecule has 2 fully saturated rings. The van der Waals surface area contributed by atoms with Crippen LogP contribution in [0.15, 0.2) is 0 Å². The van der Waals surface area contributed by atoms with Crippen LogP contribution in [-0.4, -0.2) is 77.5 Å². The summed E-state index contributed by atoms with van der Waals surface area (Å²) in [5, 5.41) is 17.7. The Morgan fingerprint density at radius 1 is 1.10 bits per heavy atom. The van der Waals surface area contributed by atoms with Gasteiger partial charge in [-0.1, -0.05) is 0 Å². The molecule has 2 N–H and O–H groups in total. The van der Waals surface area contributed by atoms with E-state index >= 15 is 0 Å². The zero-order chi connectivity index (χ0) is 15.2. The number of hydrogen-bond donors (Lipinski definition) is 2. The molecule has 2 amide bonds. The third-order valence-corrected chi connectivity index (χ3v) is 4.20. The highest BCUT2D eigenvalue weighted by atomic mass is 16.5. The van der Waals surface area contributed by atoms with Gasteiger partial charge in [-0.3, -0.25) is 4.79 Å². The molecule has 2 heterocycles. The van der Waals surface area contributed by atoms with Crippen LogP contribution in [0.25, 0.3) is 0 Å². The van der Waals surface area contributed by atoms with E-state index < -0.39 is 5.97 Å². The van der Waals surface area contributed by atoms with E-state index in [-0.39, 0.29) is 37.7 Å². The number of amides is 2. The number of aliphatic carboxylic acids is 1. The molecule has 2 saturated heterocycles. The Morgan fingerprint density at radius 2 is 1.76 bits per heavy atom. The van der Waals surface area contributed by atoms with Crippen LogP contribution in [0.4, 0.5) is 4.79 Å². The molecule has 0 saturated carbocycles. The van der Waals surface area contributed by atoms with Gasteiger partial charge in [0.05, 0.1) is 19.1 Å². The molecule has 120 valence electrons. The van der Waals surface area contributed by atoms with Gasteiger partial charge in [0.2, 0.25) is 0 Å². The minimum absolute atomic E-state index is 0.0233. The Morgan fingerprint density at radius 3 is 2.33 bits per heavy atom. The fraction of sp³-hybridized carbons (Fsp3) is 0.857. The number of ether oxygens (including phenoxy) is 1. The highest BCUT2D eigenvalue weighted by Gasteiger charge is 2.31. The number of carbonyl (C=O) groups is 2. The van der Waals surface area contributed by atoms with Crippen molar-refractivity contribution in [3.05, 3.63) is 0 Å². The topological polar surface area (TPSA) is 90.3 Å². The van der Waals surface area contributed by atoms with Gasteiger partial charge in [-0.2, -0.15) is 0 Å². The summed E-state index contributed by atoms with van der Waals surface area (Å²) in [5.41, 5.74) is 0. The summed E-state index contributed by atoms with van der Waals surface area (Å²) >= 11 is 0. The minimum Gasteiger partial charge on any atom is -0.481 e. The molecule has 0 aromatic carbocycles. The van der Waals surface area contributed by atoms with E-state index in [1.54, 1.807) is 0 Å². The van der Waals surface area contributed by atoms with Gasteiger partial charge in [0, 0.05) is 38.7 Å². The van der Waals surface area contributed by atoms with Crippen molar-refractivity contribution >= 4 is 12.0 Å². The van der Waals surface area contributed by atoms with E-state index in [4.69, 9.17) is 14.9 Å². The average Bonchev–Trinajstić information content (AvgIpc) is 2.96. The van der Waals surface area contributed by atoms with Crippen LogP contribution in [0, 0.1) is 5.92 Å². The van der Waals surface area contributed by atoms with Gasteiger partial charge in [-0.15, -0.1) is 0 Å². The first-order chi connectivity index (χ1) is 10.1. The van der Waals surface area contributed by atoms with Gasteiger partial charge in [-0.25, -0.2) is 4.79 Å². The third-order valence-electron chi connectivity index (χ3n) is 4.20. The fourth-order valence-electron chi connectivity index (χ4n) is 2.88. The summed E-state index contributed by atoms with van der Waals surface area (Å²) in [6, 6.07) is 0.0509. The quantitative estimate of drug-likeness (QED) is 0.766. The zero-order valence-electron chi connectivity index (χ0n) is 12.2. The zero-order valence-corrected chi connectivity index (χ0v) is 12.2. The van der Waals surface area contributed by atoms with Gasteiger partial charge in [0.15, 0.2) is 0 Å². The van der Waals surface area contributed by atoms with Crippen molar-refractivity contribution in [2.75, 3.05) is 39.4 Å². The van der Waals surface area contributed by atoms with Crippen molar-refractivity contribution in [2.45, 2.75) is 31.8 Å². The maximum Gasteiger partial charge on any atom is 0.320 e. The first-order valence-corrected chi connectivity index (χ1v) is 7.58. The van der Waals surface area contributed by atoms with Crippen molar-refractivity contribution in [1.29, 1.82) is 0 Å². The number of carbonyl (C=O) groups excluding carboxylic acids is 1. The summed E-state index contributed by atoms with van der Waals surface area (Å²) in [4.78, 5) is 26.4. The van der Waals surface area contributed by atoms with Crippen LogP contribution in [0.5, 0.6) is 0 Å². The van der Waals surface area contributed by atoms with Crippen LogP contribution in [0.1, 0.15) is 25.7 Å². The second-order valence-corrected chi connectivity index (χ2v) is 5.77. The molecule has 2 aliphatic rings. The van der Waals surface area contributed by atoms with E-state index in [0.29, 0.717) is 19.6 Å². The average molecular weight is 300 g/mol. The second kappa shape index (κ2) is 7.61. The second-order valence-electron chi connectivity index (χ2n) is 5.77. The standard InChI is InChI=1S/C14H24N2O5/c17-10-11-1-5-16(9-11)14(20)15-6-2-12(3-7-15)21-8-4-13(18)19/h11-12,17H,1-10H2,(H,18,19). The van der Waals surface area contributed by atoms with Crippen LogP contribution in [-0.2, 0) is 9.53 Å². The first kappa shape index (κ1) is 16.0. The van der Waals surface area contributed by atoms with Crippen LogP contribution < -0.4 is 0 Å². The molecule has 1 unspecified atom stereocenters. The number of piperidine rings is 1. The van der Waals surface area contributed by atoms with E-state index in [2.05, 4.69) is 0 Å². The summed E-state index contributed by atoms with van der Waals surface area (Å²) < 4.78 is 5.52. The molecule has 7 heteroatoms. The highest BCUT2D eigenvalue weighted by Crippen LogP contribution is 2.20. The van der Waals surface area contributed by atoms with Gasteiger partial charge in [0.1, 0.15) is 0 Å². The molecule has 0 spiro atoms. The van der Waals surface area contributed by atoms with Crippen molar-refractivity contribution < 1.29 is 24.5 Å². The van der Waals surface area contributed by atoms with Gasteiger partial charge in [-0.05, 0) is 19.3 Å². The maximum atomic E-state index is 12.3. The van der Waals surface area contributed by atoms with Crippen molar-refractivity contribution in [2.24, 2.45) is 5.92 Å². The predicted octanol–water partition coefficient (Wildman–Crippen LogP) is 0.376. The number of likely N-dealkylation sites (tertiary alicyclic amines) is 2. The lowest BCUT2D eigenvalue weighted by Crippen LogP contribution is -2.47. The van der Waals surface area contributed by atoms with E-state index in [0.717, 1.165) is 25.8 Å². The molecule has 0 aromatic heterocycles. The van der Waals surface area contributed by atoms with Crippen molar-refractivity contribution in [1.82, 2.24) is 9.80 Å². The third kappa shape index (κ3) is 4.57. The van der Waals surface area contributed by atoms with Gasteiger partial charge < -0.3 is 24.7 Å². The van der Waals surface area contributed by atoms with Crippen LogP contribution >= 0.6 is 0 Å². The maximum absolute atomic E-state index is 12.3. The molecule has 0 aliphatic carbocycles. The molecule has 0 radical (unpaired) electrons. The van der Waals surface area contributed by atoms with E-state index in [1.807, 2.05) is 9.80 Å².